The van der Waals surface area contributed by atoms with Gasteiger partial charge in [0.15, 0.2) is 6.10 Å². The molecule has 0 unspecified atom stereocenters. The molecule has 1 aliphatic heterocycles. The number of carbonyl (C=O) groups excluding carboxylic acids is 3. The molecule has 2 aromatic rings. The molecular weight excluding hydrogens is 510 g/mol. The Morgan fingerprint density at radius 3 is 2.26 bits per heavy atom. The minimum Gasteiger partial charge on any atom is -0.462 e. The Labute approximate surface area is 226 Å². The summed E-state index contributed by atoms with van der Waals surface area (Å²) < 4.78 is 28.4. The summed E-state index contributed by atoms with van der Waals surface area (Å²) in [7, 11) is 0. The molecule has 214 valence electrons. The van der Waals surface area contributed by atoms with E-state index in [4.69, 9.17) is 23.4 Å². The van der Waals surface area contributed by atoms with Crippen LogP contribution in [-0.4, -0.2) is 60.2 Å². The largest absolute Gasteiger partial charge is 0.462 e. The lowest BCUT2D eigenvalue weighted by Crippen LogP contribution is -2.67. The predicted octanol–water partition coefficient (Wildman–Crippen LogP) is 2.62. The fraction of sp³-hybridized carbons (Fsp3) is 0.571. The van der Waals surface area contributed by atoms with Crippen LogP contribution in [0.25, 0.3) is 11.0 Å². The van der Waals surface area contributed by atoms with Crippen LogP contribution in [0.2, 0.25) is 0 Å². The van der Waals surface area contributed by atoms with Crippen LogP contribution in [0.1, 0.15) is 54.0 Å². The Morgan fingerprint density at radius 2 is 1.67 bits per heavy atom. The summed E-state index contributed by atoms with van der Waals surface area (Å²) >= 11 is 0. The topological polar surface area (TPSA) is 151 Å². The van der Waals surface area contributed by atoms with Gasteiger partial charge in [-0.2, -0.15) is 0 Å². The lowest BCUT2D eigenvalue weighted by molar-refractivity contribution is -0.254. The number of benzene rings is 1. The van der Waals surface area contributed by atoms with Crippen molar-refractivity contribution in [2.24, 2.45) is 10.8 Å². The standard InChI is InChI=1S/C28H37NO10/c1-14-11-20(31)37-18-10-9-16(12-17(14)18)36-24-21(29-15(2)30)23(39-26(34)28(6,7)8)22(32)19(38-24)13-35-25(33)27(3,4)5/h9-12,19,21-24,32H,13H2,1-8H3,(H,29,30)/t19-,21-,22+,23-,24-/m1/s1. The zero-order valence-corrected chi connectivity index (χ0v) is 23.5. The average molecular weight is 548 g/mol. The van der Waals surface area contributed by atoms with E-state index < -0.39 is 64.9 Å². The van der Waals surface area contributed by atoms with Crippen LogP contribution in [0, 0.1) is 17.8 Å². The smallest absolute Gasteiger partial charge is 0.336 e. The van der Waals surface area contributed by atoms with Crippen molar-refractivity contribution < 1.29 is 42.9 Å². The number of aliphatic hydroxyl groups excluding tert-OH is 1. The van der Waals surface area contributed by atoms with Crippen molar-refractivity contribution in [2.45, 2.75) is 86.0 Å². The van der Waals surface area contributed by atoms with Gasteiger partial charge in [0.05, 0.1) is 10.8 Å². The maximum Gasteiger partial charge on any atom is 0.336 e. The number of aliphatic hydroxyl groups is 1. The number of nitrogens with one attached hydrogen (secondary N) is 1. The number of carbonyl (C=O) groups is 3. The molecule has 5 atom stereocenters. The zero-order valence-electron chi connectivity index (χ0n) is 23.5. The maximum absolute atomic E-state index is 12.8. The van der Waals surface area contributed by atoms with Crippen LogP contribution >= 0.6 is 0 Å². The van der Waals surface area contributed by atoms with Crippen LogP contribution in [0.4, 0.5) is 0 Å². The van der Waals surface area contributed by atoms with Gasteiger partial charge in [-0.15, -0.1) is 0 Å². The summed E-state index contributed by atoms with van der Waals surface area (Å²) in [5, 5.41) is 14.5. The van der Waals surface area contributed by atoms with Crippen molar-refractivity contribution in [3.63, 3.8) is 0 Å². The van der Waals surface area contributed by atoms with Gasteiger partial charge in [-0.25, -0.2) is 4.79 Å². The normalized spacial score (nSPS) is 23.7. The Bertz CT molecular complexity index is 1290. The van der Waals surface area contributed by atoms with Gasteiger partial charge in [-0.1, -0.05) is 0 Å². The van der Waals surface area contributed by atoms with Gasteiger partial charge in [-0.3, -0.25) is 14.4 Å². The number of esters is 2. The number of aryl methyl sites for hydroxylation is 1. The van der Waals surface area contributed by atoms with E-state index in [0.29, 0.717) is 22.3 Å². The monoisotopic (exact) mass is 547 g/mol. The molecule has 0 aliphatic carbocycles. The SMILES string of the molecule is CC(=O)N[C@H]1[C@H](Oc2ccc3oc(=O)cc(C)c3c2)O[C@H](COC(=O)C(C)(C)C)[C@H](O)[C@@H]1OC(=O)C(C)(C)C. The number of fused-ring (bicyclic) bond motifs is 1. The first-order valence-electron chi connectivity index (χ1n) is 12.7. The van der Waals surface area contributed by atoms with Crippen LogP contribution in [0.15, 0.2) is 33.5 Å². The van der Waals surface area contributed by atoms with Crippen molar-refractivity contribution >= 4 is 28.8 Å². The first-order chi connectivity index (χ1) is 18.0. The zero-order chi connectivity index (χ0) is 29.3. The molecule has 1 fully saturated rings. The number of hydrogen-bond acceptors (Lipinski definition) is 10. The van der Waals surface area contributed by atoms with Crippen molar-refractivity contribution in [1.82, 2.24) is 5.32 Å². The fourth-order valence-electron chi connectivity index (χ4n) is 3.86. The lowest BCUT2D eigenvalue weighted by atomic mass is 9.94. The van der Waals surface area contributed by atoms with Crippen molar-refractivity contribution in [3.05, 3.63) is 40.2 Å². The van der Waals surface area contributed by atoms with Gasteiger partial charge >= 0.3 is 17.6 Å². The minimum absolute atomic E-state index is 0.294. The molecule has 0 radical (unpaired) electrons. The second-order valence-corrected chi connectivity index (χ2v) is 11.8. The highest BCUT2D eigenvalue weighted by molar-refractivity contribution is 5.81. The van der Waals surface area contributed by atoms with Gasteiger partial charge in [0.1, 0.15) is 36.2 Å². The van der Waals surface area contributed by atoms with Crippen LogP contribution in [0.3, 0.4) is 0 Å². The molecule has 39 heavy (non-hydrogen) atoms. The third-order valence-electron chi connectivity index (χ3n) is 6.06. The molecule has 11 heteroatoms. The molecule has 1 amide bonds. The molecule has 11 nitrogen and oxygen atoms in total. The van der Waals surface area contributed by atoms with E-state index in [9.17, 15) is 24.3 Å². The summed E-state index contributed by atoms with van der Waals surface area (Å²) in [6, 6.07) is 4.97. The molecule has 1 aromatic carbocycles. The summed E-state index contributed by atoms with van der Waals surface area (Å²) in [5.74, 6) is -1.32. The van der Waals surface area contributed by atoms with E-state index in [-0.39, 0.29) is 6.61 Å². The van der Waals surface area contributed by atoms with Crippen molar-refractivity contribution in [1.29, 1.82) is 0 Å². The number of hydrogen-bond donors (Lipinski definition) is 2. The quantitative estimate of drug-likeness (QED) is 0.408. The first-order valence-corrected chi connectivity index (χ1v) is 12.7. The lowest BCUT2D eigenvalue weighted by Gasteiger charge is -2.44. The molecule has 2 heterocycles. The molecule has 1 aromatic heterocycles. The van der Waals surface area contributed by atoms with E-state index in [2.05, 4.69) is 5.32 Å². The summed E-state index contributed by atoms with van der Waals surface area (Å²) in [5.41, 5.74) is -1.18. The molecule has 0 bridgehead atoms. The second-order valence-electron chi connectivity index (χ2n) is 11.8. The number of ether oxygens (including phenoxy) is 4. The van der Waals surface area contributed by atoms with E-state index >= 15 is 0 Å². The van der Waals surface area contributed by atoms with E-state index in [1.165, 1.54) is 13.0 Å². The second kappa shape index (κ2) is 11.4. The molecule has 0 saturated carbocycles. The van der Waals surface area contributed by atoms with Gasteiger partial charge in [-0.05, 0) is 72.2 Å². The third-order valence-corrected chi connectivity index (χ3v) is 6.06. The molecular formula is C28H37NO10. The van der Waals surface area contributed by atoms with E-state index in [0.717, 1.165) is 0 Å². The molecule has 1 aliphatic rings. The highest BCUT2D eigenvalue weighted by Gasteiger charge is 2.50. The van der Waals surface area contributed by atoms with Gasteiger partial charge in [0, 0.05) is 18.4 Å². The molecule has 3 rings (SSSR count). The van der Waals surface area contributed by atoms with E-state index in [1.54, 1.807) is 66.7 Å². The first kappa shape index (κ1) is 30.1. The Hall–Kier alpha value is -3.44. The Kier molecular flexibility index (Phi) is 8.76. The number of rotatable bonds is 6. The average Bonchev–Trinajstić information content (AvgIpc) is 2.80. The summed E-state index contributed by atoms with van der Waals surface area (Å²) in [6.07, 6.45) is -5.17. The third kappa shape index (κ3) is 7.36. The Balaban J connectivity index is 1.99. The van der Waals surface area contributed by atoms with Gasteiger partial charge < -0.3 is 33.8 Å². The number of amides is 1. The highest BCUT2D eigenvalue weighted by atomic mass is 16.7. The molecule has 2 N–H and O–H groups in total. The molecule has 0 spiro atoms. The van der Waals surface area contributed by atoms with Crippen LogP contribution in [-0.2, 0) is 28.6 Å². The van der Waals surface area contributed by atoms with Crippen molar-refractivity contribution in [3.8, 4) is 5.75 Å². The minimum atomic E-state index is -1.46. The van der Waals surface area contributed by atoms with Crippen molar-refractivity contribution in [2.75, 3.05) is 6.61 Å². The summed E-state index contributed by atoms with van der Waals surface area (Å²) in [6.45, 7) is 12.7. The predicted molar refractivity (Wildman–Crippen MR) is 140 cm³/mol. The van der Waals surface area contributed by atoms with Crippen LogP contribution in [0.5, 0.6) is 5.75 Å². The van der Waals surface area contributed by atoms with E-state index in [1.807, 2.05) is 0 Å². The fourth-order valence-corrected chi connectivity index (χ4v) is 3.86. The maximum atomic E-state index is 12.8. The van der Waals surface area contributed by atoms with Gasteiger partial charge in [0.2, 0.25) is 12.2 Å². The van der Waals surface area contributed by atoms with Gasteiger partial charge in [0.25, 0.3) is 0 Å². The highest BCUT2D eigenvalue weighted by Crippen LogP contribution is 2.31. The molecule has 1 saturated heterocycles. The Morgan fingerprint density at radius 1 is 1.03 bits per heavy atom. The van der Waals surface area contributed by atoms with Crippen LogP contribution < -0.4 is 15.7 Å². The summed E-state index contributed by atoms with van der Waals surface area (Å²) in [4.78, 5) is 49.1.